The standard InChI is InChI=1S/C6H13N/c1-5(2)6(3,4)7/h1,7H2,2-4H3. The van der Waals surface area contributed by atoms with Gasteiger partial charge in [-0.15, -0.1) is 0 Å². The highest BCUT2D eigenvalue weighted by atomic mass is 14.7. The van der Waals surface area contributed by atoms with E-state index in [0.29, 0.717) is 0 Å². The zero-order valence-corrected chi connectivity index (χ0v) is 5.28. The third-order valence-electron chi connectivity index (χ3n) is 1.10. The van der Waals surface area contributed by atoms with Crippen molar-refractivity contribution in [2.75, 3.05) is 0 Å². The molecular formula is C6H13N. The average molecular weight is 99.2 g/mol. The molecule has 0 aromatic rings. The van der Waals surface area contributed by atoms with Gasteiger partial charge in [-0.25, -0.2) is 0 Å². The molecule has 0 radical (unpaired) electrons. The summed E-state index contributed by atoms with van der Waals surface area (Å²) in [6.07, 6.45) is 0. The zero-order chi connectivity index (χ0) is 6.08. The third-order valence-corrected chi connectivity index (χ3v) is 1.10. The molecule has 0 heterocycles. The summed E-state index contributed by atoms with van der Waals surface area (Å²) < 4.78 is 0. The molecule has 0 rings (SSSR count). The van der Waals surface area contributed by atoms with Gasteiger partial charge in [-0.3, -0.25) is 0 Å². The van der Waals surface area contributed by atoms with Crippen molar-refractivity contribution in [1.29, 1.82) is 0 Å². The van der Waals surface area contributed by atoms with Crippen molar-refractivity contribution in [2.24, 2.45) is 5.73 Å². The summed E-state index contributed by atoms with van der Waals surface area (Å²) in [4.78, 5) is 0. The second-order valence-corrected chi connectivity index (χ2v) is 2.50. The predicted octanol–water partition coefficient (Wildman–Crippen LogP) is 1.30. The van der Waals surface area contributed by atoms with Crippen LogP contribution in [0.3, 0.4) is 0 Å². The summed E-state index contributed by atoms with van der Waals surface area (Å²) in [5.74, 6) is 0. The van der Waals surface area contributed by atoms with Crippen LogP contribution in [0.5, 0.6) is 0 Å². The fourth-order valence-corrected chi connectivity index (χ4v) is 0. The molecule has 0 bridgehead atoms. The third kappa shape index (κ3) is 2.40. The van der Waals surface area contributed by atoms with Gasteiger partial charge < -0.3 is 5.73 Å². The maximum atomic E-state index is 5.58. The molecule has 0 fully saturated rings. The molecule has 1 nitrogen and oxygen atoms in total. The summed E-state index contributed by atoms with van der Waals surface area (Å²) >= 11 is 0. The first-order valence-electron chi connectivity index (χ1n) is 2.39. The Morgan fingerprint density at radius 1 is 1.57 bits per heavy atom. The van der Waals surface area contributed by atoms with E-state index < -0.39 is 0 Å². The van der Waals surface area contributed by atoms with Crippen LogP contribution in [0.25, 0.3) is 0 Å². The van der Waals surface area contributed by atoms with Gasteiger partial charge in [0.05, 0.1) is 0 Å². The van der Waals surface area contributed by atoms with Crippen LogP contribution in [0.15, 0.2) is 12.2 Å². The first-order valence-corrected chi connectivity index (χ1v) is 2.39. The molecule has 0 aliphatic heterocycles. The summed E-state index contributed by atoms with van der Waals surface area (Å²) in [5.41, 5.74) is 6.41. The van der Waals surface area contributed by atoms with Crippen LogP contribution < -0.4 is 5.73 Å². The second kappa shape index (κ2) is 1.66. The largest absolute Gasteiger partial charge is 0.322 e. The lowest BCUT2D eigenvalue weighted by molar-refractivity contribution is 0.614. The van der Waals surface area contributed by atoms with Crippen molar-refractivity contribution in [3.05, 3.63) is 12.2 Å². The lowest BCUT2D eigenvalue weighted by atomic mass is 9.99. The van der Waals surface area contributed by atoms with Gasteiger partial charge in [0.25, 0.3) is 0 Å². The Labute approximate surface area is 45.2 Å². The maximum absolute atomic E-state index is 5.58. The summed E-state index contributed by atoms with van der Waals surface area (Å²) in [6, 6.07) is 0. The molecule has 0 aliphatic carbocycles. The van der Waals surface area contributed by atoms with Crippen molar-refractivity contribution in [3.63, 3.8) is 0 Å². The average Bonchev–Trinajstić information content (AvgIpc) is 1.31. The molecule has 0 atom stereocenters. The molecule has 2 N–H and O–H groups in total. The van der Waals surface area contributed by atoms with Gasteiger partial charge in [-0.05, 0) is 20.8 Å². The Balaban J connectivity index is 3.79. The first-order chi connectivity index (χ1) is 2.94. The van der Waals surface area contributed by atoms with E-state index in [0.717, 1.165) is 5.57 Å². The Hall–Kier alpha value is -0.300. The molecule has 0 amide bonds. The van der Waals surface area contributed by atoms with E-state index in [-0.39, 0.29) is 5.54 Å². The van der Waals surface area contributed by atoms with Gasteiger partial charge in [0.15, 0.2) is 0 Å². The molecule has 0 aromatic heterocycles. The van der Waals surface area contributed by atoms with Crippen LogP contribution in [-0.4, -0.2) is 5.54 Å². The number of nitrogens with two attached hydrogens (primary N) is 1. The number of hydrogen-bond donors (Lipinski definition) is 1. The smallest absolute Gasteiger partial charge is 0.0306 e. The van der Waals surface area contributed by atoms with Crippen LogP contribution in [0.4, 0.5) is 0 Å². The van der Waals surface area contributed by atoms with Crippen LogP contribution in [0.1, 0.15) is 20.8 Å². The van der Waals surface area contributed by atoms with Crippen LogP contribution in [-0.2, 0) is 0 Å². The second-order valence-electron chi connectivity index (χ2n) is 2.50. The quantitative estimate of drug-likeness (QED) is 0.493. The molecule has 0 aromatic carbocycles. The molecule has 0 unspecified atom stereocenters. The minimum Gasteiger partial charge on any atom is -0.322 e. The van der Waals surface area contributed by atoms with Gasteiger partial charge in [0, 0.05) is 5.54 Å². The van der Waals surface area contributed by atoms with Crippen molar-refractivity contribution in [1.82, 2.24) is 0 Å². The Morgan fingerprint density at radius 3 is 1.71 bits per heavy atom. The van der Waals surface area contributed by atoms with Crippen LogP contribution >= 0.6 is 0 Å². The highest BCUT2D eigenvalue weighted by molar-refractivity contribution is 5.07. The fourth-order valence-electron chi connectivity index (χ4n) is 0. The number of rotatable bonds is 1. The van der Waals surface area contributed by atoms with Gasteiger partial charge in [-0.1, -0.05) is 12.2 Å². The molecule has 0 spiro atoms. The minimum absolute atomic E-state index is 0.194. The minimum atomic E-state index is -0.194. The van der Waals surface area contributed by atoms with Gasteiger partial charge >= 0.3 is 0 Å². The van der Waals surface area contributed by atoms with Crippen LogP contribution in [0, 0.1) is 0 Å². The van der Waals surface area contributed by atoms with E-state index in [1.807, 2.05) is 20.8 Å². The SMILES string of the molecule is C=C(C)C(C)(C)N. The summed E-state index contributed by atoms with van der Waals surface area (Å²) in [6.45, 7) is 9.51. The first kappa shape index (κ1) is 6.70. The van der Waals surface area contributed by atoms with E-state index in [4.69, 9.17) is 5.73 Å². The molecule has 0 aliphatic rings. The van der Waals surface area contributed by atoms with E-state index in [1.54, 1.807) is 0 Å². The lowest BCUT2D eigenvalue weighted by Gasteiger charge is -2.17. The molecular weight excluding hydrogens is 86.1 g/mol. The van der Waals surface area contributed by atoms with E-state index in [1.165, 1.54) is 0 Å². The molecule has 1 heteroatoms. The highest BCUT2D eigenvalue weighted by Gasteiger charge is 2.08. The molecule has 0 saturated carbocycles. The summed E-state index contributed by atoms with van der Waals surface area (Å²) in [5, 5.41) is 0. The summed E-state index contributed by atoms with van der Waals surface area (Å²) in [7, 11) is 0. The highest BCUT2D eigenvalue weighted by Crippen LogP contribution is 2.06. The van der Waals surface area contributed by atoms with Gasteiger partial charge in [0.2, 0.25) is 0 Å². The topological polar surface area (TPSA) is 26.0 Å². The zero-order valence-electron chi connectivity index (χ0n) is 5.28. The monoisotopic (exact) mass is 99.1 g/mol. The predicted molar refractivity (Wildman–Crippen MR) is 33.1 cm³/mol. The van der Waals surface area contributed by atoms with E-state index in [2.05, 4.69) is 6.58 Å². The lowest BCUT2D eigenvalue weighted by Crippen LogP contribution is -2.32. The molecule has 0 saturated heterocycles. The van der Waals surface area contributed by atoms with E-state index in [9.17, 15) is 0 Å². The maximum Gasteiger partial charge on any atom is 0.0306 e. The van der Waals surface area contributed by atoms with Crippen molar-refractivity contribution >= 4 is 0 Å². The Morgan fingerprint density at radius 2 is 1.71 bits per heavy atom. The van der Waals surface area contributed by atoms with Crippen molar-refractivity contribution in [2.45, 2.75) is 26.3 Å². The molecule has 42 valence electrons. The van der Waals surface area contributed by atoms with Crippen LogP contribution in [0.2, 0.25) is 0 Å². The van der Waals surface area contributed by atoms with Gasteiger partial charge in [-0.2, -0.15) is 0 Å². The van der Waals surface area contributed by atoms with Crippen molar-refractivity contribution in [3.8, 4) is 0 Å². The van der Waals surface area contributed by atoms with Gasteiger partial charge in [0.1, 0.15) is 0 Å². The normalized spacial score (nSPS) is 11.4. The fraction of sp³-hybridized carbons (Fsp3) is 0.667. The van der Waals surface area contributed by atoms with E-state index >= 15 is 0 Å². The Bertz CT molecular complexity index is 76.7. The Kier molecular flexibility index (Phi) is 1.59. The number of hydrogen-bond acceptors (Lipinski definition) is 1. The molecule has 7 heavy (non-hydrogen) atoms. The van der Waals surface area contributed by atoms with Crippen molar-refractivity contribution < 1.29 is 0 Å².